The van der Waals surface area contributed by atoms with Gasteiger partial charge in [-0.1, -0.05) is 15.9 Å². The summed E-state index contributed by atoms with van der Waals surface area (Å²) in [4.78, 5) is 0. The summed E-state index contributed by atoms with van der Waals surface area (Å²) in [5.41, 5.74) is -0.648. The SMILES string of the molecule is Cn1cc(-c2nnc(C#N)cc2CBr)c(C(F)(F)F)n1. The third kappa shape index (κ3) is 2.65. The minimum absolute atomic E-state index is 0.0423. The van der Waals surface area contributed by atoms with E-state index in [2.05, 4.69) is 31.2 Å². The Balaban J connectivity index is 2.66. The highest BCUT2D eigenvalue weighted by molar-refractivity contribution is 9.08. The zero-order valence-corrected chi connectivity index (χ0v) is 11.7. The summed E-state index contributed by atoms with van der Waals surface area (Å²) >= 11 is 3.17. The van der Waals surface area contributed by atoms with Crippen molar-refractivity contribution in [3.05, 3.63) is 29.2 Å². The van der Waals surface area contributed by atoms with Crippen LogP contribution in [0.25, 0.3) is 11.3 Å². The van der Waals surface area contributed by atoms with Gasteiger partial charge in [0.2, 0.25) is 0 Å². The topological polar surface area (TPSA) is 67.4 Å². The summed E-state index contributed by atoms with van der Waals surface area (Å²) < 4.78 is 39.9. The molecule has 0 amide bonds. The first-order valence-corrected chi connectivity index (χ1v) is 6.43. The first-order chi connectivity index (χ1) is 9.36. The average Bonchev–Trinajstić information content (AvgIpc) is 2.80. The number of hydrogen-bond donors (Lipinski definition) is 0. The number of nitrogens with zero attached hydrogens (tertiary/aromatic N) is 5. The molecule has 2 aromatic rings. The van der Waals surface area contributed by atoms with Gasteiger partial charge in [-0.3, -0.25) is 4.68 Å². The first-order valence-electron chi connectivity index (χ1n) is 5.30. The van der Waals surface area contributed by atoms with Gasteiger partial charge in [0.15, 0.2) is 11.4 Å². The molecule has 2 aromatic heterocycles. The molecule has 104 valence electrons. The van der Waals surface area contributed by atoms with Crippen molar-refractivity contribution in [3.8, 4) is 17.3 Å². The van der Waals surface area contributed by atoms with E-state index in [4.69, 9.17) is 5.26 Å². The summed E-state index contributed by atoms with van der Waals surface area (Å²) in [6.45, 7) is 0. The van der Waals surface area contributed by atoms with Crippen LogP contribution in [0.5, 0.6) is 0 Å². The lowest BCUT2D eigenvalue weighted by atomic mass is 10.1. The summed E-state index contributed by atoms with van der Waals surface area (Å²) in [5, 5.41) is 19.7. The molecule has 0 saturated heterocycles. The Morgan fingerprint density at radius 1 is 1.40 bits per heavy atom. The van der Waals surface area contributed by atoms with Crippen molar-refractivity contribution in [2.24, 2.45) is 7.05 Å². The number of alkyl halides is 4. The van der Waals surface area contributed by atoms with Crippen molar-refractivity contribution >= 4 is 15.9 Å². The Kier molecular flexibility index (Phi) is 3.76. The first kappa shape index (κ1) is 14.5. The molecule has 0 N–H and O–H groups in total. The van der Waals surface area contributed by atoms with Crippen LogP contribution in [0.3, 0.4) is 0 Å². The molecule has 0 fully saturated rings. The predicted molar refractivity (Wildman–Crippen MR) is 66.6 cm³/mol. The highest BCUT2D eigenvalue weighted by Crippen LogP contribution is 2.36. The van der Waals surface area contributed by atoms with Crippen LogP contribution < -0.4 is 0 Å². The Bertz CT molecular complexity index is 686. The van der Waals surface area contributed by atoms with Crippen LogP contribution in [0.4, 0.5) is 13.2 Å². The van der Waals surface area contributed by atoms with E-state index in [-0.39, 0.29) is 22.3 Å². The zero-order chi connectivity index (χ0) is 14.9. The summed E-state index contributed by atoms with van der Waals surface area (Å²) in [6.07, 6.45) is -3.36. The van der Waals surface area contributed by atoms with E-state index in [1.807, 2.05) is 0 Å². The van der Waals surface area contributed by atoms with E-state index in [1.165, 1.54) is 19.3 Å². The zero-order valence-electron chi connectivity index (χ0n) is 10.1. The van der Waals surface area contributed by atoms with Crippen LogP contribution >= 0.6 is 15.9 Å². The van der Waals surface area contributed by atoms with Crippen molar-refractivity contribution in [2.45, 2.75) is 11.5 Å². The molecule has 20 heavy (non-hydrogen) atoms. The molecule has 0 aliphatic carbocycles. The second kappa shape index (κ2) is 5.20. The number of hydrogen-bond acceptors (Lipinski definition) is 4. The molecule has 9 heteroatoms. The largest absolute Gasteiger partial charge is 0.435 e. The summed E-state index contributed by atoms with van der Waals surface area (Å²) in [6, 6.07) is 3.19. The highest BCUT2D eigenvalue weighted by Gasteiger charge is 2.38. The number of rotatable bonds is 2. The molecule has 2 rings (SSSR count). The van der Waals surface area contributed by atoms with Crippen LogP contribution in [0, 0.1) is 11.3 Å². The Labute approximate surface area is 120 Å². The fourth-order valence-corrected chi connectivity index (χ4v) is 2.11. The second-order valence-corrected chi connectivity index (χ2v) is 4.47. The standard InChI is InChI=1S/C11H7BrF3N5/c1-20-5-8(10(19-20)11(13,14)15)9-6(3-12)2-7(4-16)17-18-9/h2,5H,3H2,1H3. The molecule has 0 aliphatic rings. The Hall–Kier alpha value is -1.95. The Morgan fingerprint density at radius 2 is 2.10 bits per heavy atom. The van der Waals surface area contributed by atoms with Gasteiger partial charge in [0, 0.05) is 18.6 Å². The smallest absolute Gasteiger partial charge is 0.275 e. The van der Waals surface area contributed by atoms with E-state index >= 15 is 0 Å². The molecule has 0 bridgehead atoms. The molecule has 0 radical (unpaired) electrons. The Morgan fingerprint density at radius 3 is 2.65 bits per heavy atom. The summed E-state index contributed by atoms with van der Waals surface area (Å²) in [5.74, 6) is 0. The lowest BCUT2D eigenvalue weighted by molar-refractivity contribution is -0.141. The van der Waals surface area contributed by atoms with Gasteiger partial charge in [-0.15, -0.1) is 10.2 Å². The maximum atomic E-state index is 12.9. The monoisotopic (exact) mass is 345 g/mol. The van der Waals surface area contributed by atoms with Crippen LogP contribution in [-0.4, -0.2) is 20.0 Å². The van der Waals surface area contributed by atoms with Gasteiger partial charge >= 0.3 is 6.18 Å². The molecule has 0 spiro atoms. The van der Waals surface area contributed by atoms with E-state index in [1.54, 1.807) is 6.07 Å². The molecular weight excluding hydrogens is 339 g/mol. The molecule has 2 heterocycles. The molecular formula is C11H7BrF3N5. The van der Waals surface area contributed by atoms with Gasteiger partial charge in [0.25, 0.3) is 0 Å². The molecule has 0 unspecified atom stereocenters. The van der Waals surface area contributed by atoms with Crippen molar-refractivity contribution in [2.75, 3.05) is 0 Å². The quantitative estimate of drug-likeness (QED) is 0.784. The summed E-state index contributed by atoms with van der Waals surface area (Å²) in [7, 11) is 1.39. The van der Waals surface area contributed by atoms with Crippen molar-refractivity contribution in [1.29, 1.82) is 5.26 Å². The van der Waals surface area contributed by atoms with Gasteiger partial charge in [-0.05, 0) is 11.6 Å². The van der Waals surface area contributed by atoms with Crippen molar-refractivity contribution < 1.29 is 13.2 Å². The van der Waals surface area contributed by atoms with E-state index < -0.39 is 11.9 Å². The molecule has 0 aliphatic heterocycles. The minimum Gasteiger partial charge on any atom is -0.275 e. The van der Waals surface area contributed by atoms with E-state index in [9.17, 15) is 13.2 Å². The van der Waals surface area contributed by atoms with Crippen LogP contribution in [0.2, 0.25) is 0 Å². The molecule has 0 aromatic carbocycles. The average molecular weight is 346 g/mol. The lowest BCUT2D eigenvalue weighted by Gasteiger charge is -2.08. The van der Waals surface area contributed by atoms with Gasteiger partial charge in [0.05, 0.1) is 5.56 Å². The highest BCUT2D eigenvalue weighted by atomic mass is 79.9. The minimum atomic E-state index is -4.59. The number of aromatic nitrogens is 4. The van der Waals surface area contributed by atoms with E-state index in [0.717, 1.165) is 4.68 Å². The van der Waals surface area contributed by atoms with Crippen molar-refractivity contribution in [3.63, 3.8) is 0 Å². The number of halogens is 4. The fourth-order valence-electron chi connectivity index (χ4n) is 1.68. The number of nitriles is 1. The molecule has 5 nitrogen and oxygen atoms in total. The number of aryl methyl sites for hydroxylation is 1. The van der Waals surface area contributed by atoms with Gasteiger partial charge in [0.1, 0.15) is 11.8 Å². The van der Waals surface area contributed by atoms with Crippen LogP contribution in [0.1, 0.15) is 17.0 Å². The fraction of sp³-hybridized carbons (Fsp3) is 0.273. The van der Waals surface area contributed by atoms with Gasteiger partial charge in [-0.25, -0.2) is 0 Å². The predicted octanol–water partition coefficient (Wildman–Crippen LogP) is 2.66. The second-order valence-electron chi connectivity index (χ2n) is 3.91. The van der Waals surface area contributed by atoms with Crippen LogP contribution in [0.15, 0.2) is 12.3 Å². The van der Waals surface area contributed by atoms with E-state index in [0.29, 0.717) is 5.56 Å². The third-order valence-electron chi connectivity index (χ3n) is 2.48. The third-order valence-corrected chi connectivity index (χ3v) is 3.09. The normalized spacial score (nSPS) is 11.4. The van der Waals surface area contributed by atoms with Crippen LogP contribution in [-0.2, 0) is 18.6 Å². The van der Waals surface area contributed by atoms with Gasteiger partial charge in [-0.2, -0.15) is 23.5 Å². The van der Waals surface area contributed by atoms with Crippen molar-refractivity contribution in [1.82, 2.24) is 20.0 Å². The molecule has 0 atom stereocenters. The van der Waals surface area contributed by atoms with Gasteiger partial charge < -0.3 is 0 Å². The molecule has 0 saturated carbocycles. The maximum absolute atomic E-state index is 12.9. The maximum Gasteiger partial charge on any atom is 0.435 e. The lowest BCUT2D eigenvalue weighted by Crippen LogP contribution is -2.09.